The summed E-state index contributed by atoms with van der Waals surface area (Å²) in [5, 5.41) is 10.1. The molecular weight excluding hydrogens is 321 g/mol. The SMILES string of the molecule is CCC1CN(CC(O)COc2ccc(F)cc2)CCN1CC(F)F. The van der Waals surface area contributed by atoms with Gasteiger partial charge in [0.25, 0.3) is 6.43 Å². The van der Waals surface area contributed by atoms with Crippen molar-refractivity contribution in [2.45, 2.75) is 31.9 Å². The summed E-state index contributed by atoms with van der Waals surface area (Å²) < 4.78 is 43.4. The Morgan fingerprint density at radius 1 is 1.21 bits per heavy atom. The highest BCUT2D eigenvalue weighted by atomic mass is 19.3. The molecule has 24 heavy (non-hydrogen) atoms. The molecule has 0 saturated carbocycles. The van der Waals surface area contributed by atoms with E-state index in [1.54, 1.807) is 0 Å². The Balaban J connectivity index is 1.75. The zero-order valence-corrected chi connectivity index (χ0v) is 13.9. The quantitative estimate of drug-likeness (QED) is 0.783. The second-order valence-corrected chi connectivity index (χ2v) is 6.13. The lowest BCUT2D eigenvalue weighted by molar-refractivity contribution is -0.00158. The van der Waals surface area contributed by atoms with Gasteiger partial charge in [0.15, 0.2) is 0 Å². The zero-order chi connectivity index (χ0) is 17.5. The maximum atomic E-state index is 12.8. The minimum atomic E-state index is -2.32. The van der Waals surface area contributed by atoms with Crippen molar-refractivity contribution in [1.82, 2.24) is 9.80 Å². The molecule has 0 spiro atoms. The first-order valence-electron chi connectivity index (χ1n) is 8.29. The number of aliphatic hydroxyl groups excluding tert-OH is 1. The molecule has 1 heterocycles. The average molecular weight is 346 g/mol. The summed E-state index contributed by atoms with van der Waals surface area (Å²) in [6.45, 7) is 4.23. The minimum Gasteiger partial charge on any atom is -0.491 e. The van der Waals surface area contributed by atoms with Crippen LogP contribution in [0.15, 0.2) is 24.3 Å². The van der Waals surface area contributed by atoms with Crippen LogP contribution < -0.4 is 4.74 Å². The number of piperazine rings is 1. The lowest BCUT2D eigenvalue weighted by Crippen LogP contribution is -2.55. The molecule has 1 N–H and O–H groups in total. The maximum Gasteiger partial charge on any atom is 0.251 e. The molecule has 7 heteroatoms. The van der Waals surface area contributed by atoms with Gasteiger partial charge in [0.1, 0.15) is 24.3 Å². The van der Waals surface area contributed by atoms with Crippen LogP contribution in [0.25, 0.3) is 0 Å². The Kier molecular flexibility index (Phi) is 7.33. The number of hydrogen-bond acceptors (Lipinski definition) is 4. The highest BCUT2D eigenvalue weighted by Gasteiger charge is 2.28. The van der Waals surface area contributed by atoms with Crippen LogP contribution in [0.1, 0.15) is 13.3 Å². The Bertz CT molecular complexity index is 487. The van der Waals surface area contributed by atoms with E-state index in [1.807, 2.05) is 11.8 Å². The van der Waals surface area contributed by atoms with Crippen molar-refractivity contribution in [3.8, 4) is 5.75 Å². The van der Waals surface area contributed by atoms with Crippen LogP contribution in [0.5, 0.6) is 5.75 Å². The van der Waals surface area contributed by atoms with E-state index in [4.69, 9.17) is 4.74 Å². The zero-order valence-electron chi connectivity index (χ0n) is 13.9. The molecule has 2 atom stereocenters. The minimum absolute atomic E-state index is 0.0815. The second-order valence-electron chi connectivity index (χ2n) is 6.13. The largest absolute Gasteiger partial charge is 0.491 e. The average Bonchev–Trinajstić information content (AvgIpc) is 2.55. The van der Waals surface area contributed by atoms with E-state index in [-0.39, 0.29) is 25.0 Å². The number of ether oxygens (including phenoxy) is 1. The van der Waals surface area contributed by atoms with Gasteiger partial charge in [-0.05, 0) is 30.7 Å². The molecule has 2 unspecified atom stereocenters. The second kappa shape index (κ2) is 9.25. The standard InChI is InChI=1S/C17H25F3N2O2/c1-2-14-9-21(7-8-22(14)11-17(19)20)10-15(23)12-24-16-5-3-13(18)4-6-16/h3-6,14-15,17,23H,2,7-12H2,1H3. The third-order valence-corrected chi connectivity index (χ3v) is 4.26. The van der Waals surface area contributed by atoms with E-state index in [1.165, 1.54) is 24.3 Å². The van der Waals surface area contributed by atoms with E-state index in [9.17, 15) is 18.3 Å². The molecule has 0 aromatic heterocycles. The lowest BCUT2D eigenvalue weighted by Gasteiger charge is -2.41. The molecule has 136 valence electrons. The predicted molar refractivity (Wildman–Crippen MR) is 86.0 cm³/mol. The van der Waals surface area contributed by atoms with E-state index in [2.05, 4.69) is 4.90 Å². The van der Waals surface area contributed by atoms with Gasteiger partial charge in [0, 0.05) is 32.2 Å². The summed E-state index contributed by atoms with van der Waals surface area (Å²) in [6.07, 6.45) is -2.21. The Morgan fingerprint density at radius 3 is 2.54 bits per heavy atom. The highest BCUT2D eigenvalue weighted by molar-refractivity contribution is 5.22. The summed E-state index contributed by atoms with van der Waals surface area (Å²) in [4.78, 5) is 3.90. The molecule has 2 rings (SSSR count). The fraction of sp³-hybridized carbons (Fsp3) is 0.647. The van der Waals surface area contributed by atoms with Gasteiger partial charge in [-0.1, -0.05) is 6.92 Å². The first kappa shape index (κ1) is 19.0. The Labute approximate surface area is 140 Å². The molecule has 1 saturated heterocycles. The normalized spacial score (nSPS) is 21.2. The van der Waals surface area contributed by atoms with Gasteiger partial charge in [-0.15, -0.1) is 0 Å². The van der Waals surface area contributed by atoms with Crippen LogP contribution in [-0.2, 0) is 0 Å². The van der Waals surface area contributed by atoms with Crippen molar-refractivity contribution in [2.24, 2.45) is 0 Å². The van der Waals surface area contributed by atoms with Gasteiger partial charge in [-0.25, -0.2) is 13.2 Å². The molecule has 4 nitrogen and oxygen atoms in total. The van der Waals surface area contributed by atoms with Gasteiger partial charge in [-0.3, -0.25) is 9.80 Å². The molecule has 1 aliphatic rings. The number of alkyl halides is 2. The van der Waals surface area contributed by atoms with Crippen molar-refractivity contribution in [1.29, 1.82) is 0 Å². The number of halogens is 3. The summed E-state index contributed by atoms with van der Waals surface area (Å²) in [5.41, 5.74) is 0. The Morgan fingerprint density at radius 2 is 1.92 bits per heavy atom. The van der Waals surface area contributed by atoms with E-state index in [0.717, 1.165) is 6.42 Å². The van der Waals surface area contributed by atoms with Gasteiger partial charge < -0.3 is 9.84 Å². The summed E-state index contributed by atoms with van der Waals surface area (Å²) in [7, 11) is 0. The molecule has 0 aliphatic carbocycles. The number of benzene rings is 1. The van der Waals surface area contributed by atoms with Crippen molar-refractivity contribution in [3.63, 3.8) is 0 Å². The molecule has 0 bridgehead atoms. The van der Waals surface area contributed by atoms with Gasteiger partial charge >= 0.3 is 0 Å². The summed E-state index contributed by atoms with van der Waals surface area (Å²) >= 11 is 0. The third kappa shape index (κ3) is 5.96. The van der Waals surface area contributed by atoms with Crippen LogP contribution in [0.4, 0.5) is 13.2 Å². The molecule has 0 amide bonds. The molecule has 0 radical (unpaired) electrons. The van der Waals surface area contributed by atoms with Crippen LogP contribution >= 0.6 is 0 Å². The van der Waals surface area contributed by atoms with Crippen LogP contribution in [-0.4, -0.2) is 72.8 Å². The van der Waals surface area contributed by atoms with Gasteiger partial charge in [0.05, 0.1) is 6.54 Å². The van der Waals surface area contributed by atoms with Crippen molar-refractivity contribution >= 4 is 0 Å². The number of β-amino-alcohol motifs (C(OH)–C–C–N with tert-alkyl or cyclic N) is 1. The number of nitrogens with zero attached hydrogens (tertiary/aromatic N) is 2. The van der Waals surface area contributed by atoms with E-state index < -0.39 is 12.5 Å². The van der Waals surface area contributed by atoms with Gasteiger partial charge in [0.2, 0.25) is 0 Å². The monoisotopic (exact) mass is 346 g/mol. The smallest absolute Gasteiger partial charge is 0.251 e. The first-order chi connectivity index (χ1) is 11.5. The van der Waals surface area contributed by atoms with E-state index in [0.29, 0.717) is 31.9 Å². The fourth-order valence-electron chi connectivity index (χ4n) is 3.00. The van der Waals surface area contributed by atoms with Crippen LogP contribution in [0.3, 0.4) is 0 Å². The van der Waals surface area contributed by atoms with E-state index >= 15 is 0 Å². The summed E-state index contributed by atoms with van der Waals surface area (Å²) in [5.74, 6) is 0.166. The predicted octanol–water partition coefficient (Wildman–Crippen LogP) is 2.23. The topological polar surface area (TPSA) is 35.9 Å². The molecular formula is C17H25F3N2O2. The van der Waals surface area contributed by atoms with Gasteiger partial charge in [-0.2, -0.15) is 0 Å². The molecule has 1 aromatic carbocycles. The first-order valence-corrected chi connectivity index (χ1v) is 8.29. The van der Waals surface area contributed by atoms with Crippen molar-refractivity contribution < 1.29 is 23.0 Å². The van der Waals surface area contributed by atoms with Crippen molar-refractivity contribution in [2.75, 3.05) is 39.3 Å². The van der Waals surface area contributed by atoms with Crippen molar-refractivity contribution in [3.05, 3.63) is 30.1 Å². The molecule has 1 fully saturated rings. The highest BCUT2D eigenvalue weighted by Crippen LogP contribution is 2.15. The number of rotatable bonds is 8. The molecule has 1 aromatic rings. The molecule has 1 aliphatic heterocycles. The summed E-state index contributed by atoms with van der Waals surface area (Å²) in [6, 6.07) is 5.71. The number of hydrogen-bond donors (Lipinski definition) is 1. The third-order valence-electron chi connectivity index (χ3n) is 4.26. The lowest BCUT2D eigenvalue weighted by atomic mass is 10.1. The van der Waals surface area contributed by atoms with Crippen LogP contribution in [0.2, 0.25) is 0 Å². The Hall–Kier alpha value is -1.31. The maximum absolute atomic E-state index is 12.8. The van der Waals surface area contributed by atoms with Crippen LogP contribution in [0, 0.1) is 5.82 Å². The fourth-order valence-corrected chi connectivity index (χ4v) is 3.00. The number of aliphatic hydroxyl groups is 1.